The summed E-state index contributed by atoms with van der Waals surface area (Å²) in [6, 6.07) is 13.1. The van der Waals surface area contributed by atoms with Gasteiger partial charge in [0.15, 0.2) is 11.0 Å². The lowest BCUT2D eigenvalue weighted by Gasteiger charge is -2.04. The maximum Gasteiger partial charge on any atom is 0.250 e. The highest BCUT2D eigenvalue weighted by atomic mass is 79.9. The van der Waals surface area contributed by atoms with Gasteiger partial charge in [0.25, 0.3) is 5.91 Å². The van der Waals surface area contributed by atoms with E-state index in [1.165, 1.54) is 18.0 Å². The van der Waals surface area contributed by atoms with Crippen molar-refractivity contribution < 1.29 is 9.90 Å². The molecule has 0 fully saturated rings. The SMILES string of the molecule is Cn1c(SCC(=O)NN=Cc2cc(Br)cc(Br)c2O)nnc1-c1ccccc1. The Bertz CT molecular complexity index is 1020. The van der Waals surface area contributed by atoms with Gasteiger partial charge in [0.2, 0.25) is 0 Å². The molecule has 1 aromatic heterocycles. The fourth-order valence-corrected chi connectivity index (χ4v) is 4.26. The second kappa shape index (κ2) is 9.35. The number of thioether (sulfide) groups is 1. The number of benzene rings is 2. The number of aromatic hydroxyl groups is 1. The first-order valence-electron chi connectivity index (χ1n) is 8.03. The van der Waals surface area contributed by atoms with Gasteiger partial charge in [0.05, 0.1) is 16.4 Å². The molecule has 0 saturated heterocycles. The summed E-state index contributed by atoms with van der Waals surface area (Å²) in [6.07, 6.45) is 1.38. The second-order valence-electron chi connectivity index (χ2n) is 5.64. The number of amides is 1. The Morgan fingerprint density at radius 3 is 2.79 bits per heavy atom. The molecule has 1 amide bonds. The van der Waals surface area contributed by atoms with Crippen LogP contribution in [0, 0.1) is 0 Å². The number of rotatable bonds is 6. The Morgan fingerprint density at radius 2 is 2.04 bits per heavy atom. The van der Waals surface area contributed by atoms with Crippen LogP contribution in [-0.2, 0) is 11.8 Å². The second-order valence-corrected chi connectivity index (χ2v) is 8.35. The third-order valence-electron chi connectivity index (χ3n) is 3.65. The maximum absolute atomic E-state index is 12.0. The van der Waals surface area contributed by atoms with Gasteiger partial charge in [-0.1, -0.05) is 58.0 Å². The van der Waals surface area contributed by atoms with E-state index in [1.54, 1.807) is 12.1 Å². The Labute approximate surface area is 182 Å². The quantitative estimate of drug-likeness (QED) is 0.289. The molecule has 144 valence electrons. The van der Waals surface area contributed by atoms with E-state index in [2.05, 4.69) is 52.6 Å². The van der Waals surface area contributed by atoms with Gasteiger partial charge in [-0.25, -0.2) is 5.43 Å². The molecule has 7 nitrogen and oxygen atoms in total. The first kappa shape index (κ1) is 20.6. The molecule has 28 heavy (non-hydrogen) atoms. The van der Waals surface area contributed by atoms with Gasteiger partial charge in [-0.05, 0) is 28.1 Å². The number of hydrazone groups is 1. The molecule has 0 spiro atoms. The van der Waals surface area contributed by atoms with Crippen LogP contribution in [0.25, 0.3) is 11.4 Å². The Hall–Kier alpha value is -2.17. The fourth-order valence-electron chi connectivity index (χ4n) is 2.30. The van der Waals surface area contributed by atoms with Crippen molar-refractivity contribution in [3.05, 3.63) is 57.0 Å². The minimum atomic E-state index is -0.293. The van der Waals surface area contributed by atoms with Crippen LogP contribution in [0.5, 0.6) is 5.75 Å². The molecule has 0 aliphatic rings. The van der Waals surface area contributed by atoms with Crippen molar-refractivity contribution in [2.75, 3.05) is 5.75 Å². The summed E-state index contributed by atoms with van der Waals surface area (Å²) < 4.78 is 3.15. The average molecular weight is 525 g/mol. The number of halogens is 2. The monoisotopic (exact) mass is 523 g/mol. The van der Waals surface area contributed by atoms with E-state index in [4.69, 9.17) is 0 Å². The van der Waals surface area contributed by atoms with Crippen LogP contribution in [0.2, 0.25) is 0 Å². The van der Waals surface area contributed by atoms with E-state index in [1.807, 2.05) is 41.9 Å². The lowest BCUT2D eigenvalue weighted by atomic mass is 10.2. The highest BCUT2D eigenvalue weighted by Gasteiger charge is 2.12. The number of phenolic OH excluding ortho intramolecular Hbond substituents is 1. The molecule has 0 aliphatic heterocycles. The van der Waals surface area contributed by atoms with Gasteiger partial charge < -0.3 is 9.67 Å². The van der Waals surface area contributed by atoms with Crippen LogP contribution in [0.4, 0.5) is 0 Å². The van der Waals surface area contributed by atoms with Crippen molar-refractivity contribution in [3.63, 3.8) is 0 Å². The number of carbonyl (C=O) groups excluding carboxylic acids is 1. The molecule has 10 heteroatoms. The van der Waals surface area contributed by atoms with Crippen LogP contribution in [0.3, 0.4) is 0 Å². The summed E-state index contributed by atoms with van der Waals surface area (Å²) in [4.78, 5) is 12.0. The van der Waals surface area contributed by atoms with Crippen molar-refractivity contribution in [2.24, 2.45) is 12.1 Å². The Morgan fingerprint density at radius 1 is 1.29 bits per heavy atom. The van der Waals surface area contributed by atoms with E-state index >= 15 is 0 Å². The lowest BCUT2D eigenvalue weighted by Crippen LogP contribution is -2.19. The van der Waals surface area contributed by atoms with Gasteiger partial charge >= 0.3 is 0 Å². The summed E-state index contributed by atoms with van der Waals surface area (Å²) >= 11 is 7.85. The number of carbonyl (C=O) groups is 1. The molecular weight excluding hydrogens is 510 g/mol. The zero-order valence-corrected chi connectivity index (χ0v) is 18.6. The zero-order chi connectivity index (χ0) is 20.1. The van der Waals surface area contributed by atoms with Crippen molar-refractivity contribution in [3.8, 4) is 17.1 Å². The molecule has 0 unspecified atom stereocenters. The zero-order valence-electron chi connectivity index (χ0n) is 14.6. The normalized spacial score (nSPS) is 11.1. The largest absolute Gasteiger partial charge is 0.506 e. The van der Waals surface area contributed by atoms with Crippen LogP contribution in [0.15, 0.2) is 61.7 Å². The number of hydrogen-bond donors (Lipinski definition) is 2. The van der Waals surface area contributed by atoms with E-state index in [0.717, 1.165) is 15.9 Å². The number of phenols is 1. The first-order valence-corrected chi connectivity index (χ1v) is 10.6. The standard InChI is InChI=1S/C18H15Br2N5O2S/c1-25-17(11-5-3-2-4-6-11)23-24-18(25)28-10-15(26)22-21-9-12-7-13(19)8-14(20)16(12)27/h2-9,27H,10H2,1H3,(H,22,26). The predicted octanol–water partition coefficient (Wildman–Crippen LogP) is 3.96. The van der Waals surface area contributed by atoms with Gasteiger partial charge in [-0.2, -0.15) is 5.10 Å². The first-order chi connectivity index (χ1) is 13.5. The lowest BCUT2D eigenvalue weighted by molar-refractivity contribution is -0.118. The van der Waals surface area contributed by atoms with Gasteiger partial charge in [-0.15, -0.1) is 10.2 Å². The summed E-state index contributed by atoms with van der Waals surface area (Å²) in [7, 11) is 1.86. The fraction of sp³-hybridized carbons (Fsp3) is 0.111. The van der Waals surface area contributed by atoms with Crippen LogP contribution in [-0.4, -0.2) is 37.7 Å². The Balaban J connectivity index is 1.58. The van der Waals surface area contributed by atoms with Gasteiger partial charge in [-0.3, -0.25) is 4.79 Å². The van der Waals surface area contributed by atoms with Crippen LogP contribution >= 0.6 is 43.6 Å². The van der Waals surface area contributed by atoms with Crippen molar-refractivity contribution >= 4 is 55.7 Å². The predicted molar refractivity (Wildman–Crippen MR) is 116 cm³/mol. The summed E-state index contributed by atoms with van der Waals surface area (Å²) in [6.45, 7) is 0. The van der Waals surface area contributed by atoms with Crippen LogP contribution in [0.1, 0.15) is 5.56 Å². The third-order valence-corrected chi connectivity index (χ3v) is 5.73. The van der Waals surface area contributed by atoms with Crippen molar-refractivity contribution in [1.29, 1.82) is 0 Å². The van der Waals surface area contributed by atoms with Gasteiger partial charge in [0.1, 0.15) is 5.75 Å². The minimum Gasteiger partial charge on any atom is -0.506 e. The molecule has 0 aliphatic carbocycles. The molecule has 2 N–H and O–H groups in total. The van der Waals surface area contributed by atoms with Crippen molar-refractivity contribution in [1.82, 2.24) is 20.2 Å². The maximum atomic E-state index is 12.0. The summed E-state index contributed by atoms with van der Waals surface area (Å²) in [5, 5.41) is 22.8. The van der Waals surface area contributed by atoms with E-state index in [9.17, 15) is 9.90 Å². The van der Waals surface area contributed by atoms with E-state index in [0.29, 0.717) is 15.2 Å². The molecule has 3 rings (SSSR count). The number of nitrogens with one attached hydrogen (secondary N) is 1. The summed E-state index contributed by atoms with van der Waals surface area (Å²) in [5.74, 6) is 0.617. The number of hydrogen-bond acceptors (Lipinski definition) is 6. The smallest absolute Gasteiger partial charge is 0.250 e. The Kier molecular flexibility index (Phi) is 6.87. The molecule has 1 heterocycles. The topological polar surface area (TPSA) is 92.4 Å². The molecule has 3 aromatic rings. The van der Waals surface area contributed by atoms with Crippen LogP contribution < -0.4 is 5.43 Å². The third kappa shape index (κ3) is 5.00. The molecule has 0 bridgehead atoms. The molecule has 0 atom stereocenters. The van der Waals surface area contributed by atoms with Crippen molar-refractivity contribution in [2.45, 2.75) is 5.16 Å². The van der Waals surface area contributed by atoms with Gasteiger partial charge in [0, 0.05) is 22.6 Å². The summed E-state index contributed by atoms with van der Waals surface area (Å²) in [5.41, 5.74) is 3.86. The molecule has 0 radical (unpaired) electrons. The van der Waals surface area contributed by atoms with E-state index < -0.39 is 0 Å². The van der Waals surface area contributed by atoms with E-state index in [-0.39, 0.29) is 17.4 Å². The average Bonchev–Trinajstić information content (AvgIpc) is 3.05. The number of aromatic nitrogens is 3. The molecule has 0 saturated carbocycles. The minimum absolute atomic E-state index is 0.0445. The highest BCUT2D eigenvalue weighted by Crippen LogP contribution is 2.30. The highest BCUT2D eigenvalue weighted by molar-refractivity contribution is 9.11. The molecule has 2 aromatic carbocycles. The molecular formula is C18H15Br2N5O2S. The number of nitrogens with zero attached hydrogens (tertiary/aromatic N) is 4.